The molecule has 0 saturated carbocycles. The van der Waals surface area contributed by atoms with Crippen LogP contribution in [-0.4, -0.2) is 24.2 Å². The summed E-state index contributed by atoms with van der Waals surface area (Å²) in [4.78, 5) is 11.0. The van der Waals surface area contributed by atoms with Crippen LogP contribution in [0.5, 0.6) is 0 Å². The van der Waals surface area contributed by atoms with Gasteiger partial charge in [0.1, 0.15) is 0 Å². The van der Waals surface area contributed by atoms with E-state index < -0.39 is 5.97 Å². The highest BCUT2D eigenvalue weighted by Crippen LogP contribution is 2.28. The van der Waals surface area contributed by atoms with E-state index in [-0.39, 0.29) is 11.8 Å². The van der Waals surface area contributed by atoms with Gasteiger partial charge in [0.15, 0.2) is 0 Å². The lowest BCUT2D eigenvalue weighted by atomic mass is 9.89. The third kappa shape index (κ3) is 2.02. The van der Waals surface area contributed by atoms with Crippen molar-refractivity contribution in [2.24, 2.45) is 5.92 Å². The van der Waals surface area contributed by atoms with Crippen LogP contribution in [0.25, 0.3) is 0 Å². The van der Waals surface area contributed by atoms with Gasteiger partial charge >= 0.3 is 5.97 Å². The Hall–Kier alpha value is -1.35. The minimum absolute atomic E-state index is 0.114. The summed E-state index contributed by atoms with van der Waals surface area (Å²) in [6.07, 6.45) is 0. The largest absolute Gasteiger partial charge is 0.481 e. The number of rotatable bonds is 2. The Labute approximate surface area is 89.1 Å². The van der Waals surface area contributed by atoms with Gasteiger partial charge in [-0.05, 0) is 12.5 Å². The summed E-state index contributed by atoms with van der Waals surface area (Å²) in [5, 5.41) is 12.2. The molecule has 0 aliphatic carbocycles. The number of carboxylic acid groups (broad SMARTS) is 1. The van der Waals surface area contributed by atoms with E-state index in [0.717, 1.165) is 12.1 Å². The Morgan fingerprint density at radius 1 is 1.33 bits per heavy atom. The van der Waals surface area contributed by atoms with Crippen molar-refractivity contribution in [3.63, 3.8) is 0 Å². The van der Waals surface area contributed by atoms with Crippen molar-refractivity contribution in [2.75, 3.05) is 13.1 Å². The van der Waals surface area contributed by atoms with Crippen LogP contribution in [0.4, 0.5) is 0 Å². The molecule has 0 amide bonds. The first-order chi connectivity index (χ1) is 7.18. The van der Waals surface area contributed by atoms with Gasteiger partial charge in [-0.2, -0.15) is 0 Å². The fourth-order valence-corrected chi connectivity index (χ4v) is 2.10. The minimum atomic E-state index is -0.703. The van der Waals surface area contributed by atoms with Crippen molar-refractivity contribution in [2.45, 2.75) is 12.8 Å². The Kier molecular flexibility index (Phi) is 2.73. The first-order valence-corrected chi connectivity index (χ1v) is 5.18. The second-order valence-corrected chi connectivity index (χ2v) is 4.12. The molecule has 1 aliphatic heterocycles. The SMILES string of the molecule is Cc1ccc([C@H]2CNC[C@H]2C(=O)O)cc1. The molecule has 0 bridgehead atoms. The standard InChI is InChI=1S/C12H15NO2/c1-8-2-4-9(5-3-8)10-6-13-7-11(10)12(14)15/h2-5,10-11,13H,6-7H2,1H3,(H,14,15)/t10-,11-/m1/s1. The van der Waals surface area contributed by atoms with E-state index in [4.69, 9.17) is 5.11 Å². The molecule has 0 aromatic heterocycles. The summed E-state index contributed by atoms with van der Waals surface area (Å²) in [5.74, 6) is -0.874. The number of carboxylic acids is 1. The quantitative estimate of drug-likeness (QED) is 0.767. The van der Waals surface area contributed by atoms with E-state index in [2.05, 4.69) is 5.32 Å². The lowest BCUT2D eigenvalue weighted by molar-refractivity contribution is -0.141. The molecule has 1 aromatic carbocycles. The normalized spacial score (nSPS) is 25.4. The number of carbonyl (C=O) groups is 1. The number of nitrogens with one attached hydrogen (secondary N) is 1. The fourth-order valence-electron chi connectivity index (χ4n) is 2.10. The monoisotopic (exact) mass is 205 g/mol. The molecular formula is C12H15NO2. The molecule has 15 heavy (non-hydrogen) atoms. The molecule has 1 fully saturated rings. The van der Waals surface area contributed by atoms with Crippen molar-refractivity contribution >= 4 is 5.97 Å². The first kappa shape index (κ1) is 10.2. The van der Waals surface area contributed by atoms with Gasteiger partial charge < -0.3 is 10.4 Å². The van der Waals surface area contributed by atoms with Crippen LogP contribution in [0.2, 0.25) is 0 Å². The topological polar surface area (TPSA) is 49.3 Å². The van der Waals surface area contributed by atoms with Gasteiger partial charge in [-0.15, -0.1) is 0 Å². The van der Waals surface area contributed by atoms with Crippen LogP contribution in [0.15, 0.2) is 24.3 Å². The predicted molar refractivity (Wildman–Crippen MR) is 57.9 cm³/mol. The number of hydrogen-bond donors (Lipinski definition) is 2. The molecule has 2 rings (SSSR count). The van der Waals surface area contributed by atoms with E-state index >= 15 is 0 Å². The maximum absolute atomic E-state index is 11.0. The molecular weight excluding hydrogens is 190 g/mol. The van der Waals surface area contributed by atoms with Crippen LogP contribution in [-0.2, 0) is 4.79 Å². The average molecular weight is 205 g/mol. The molecule has 2 N–H and O–H groups in total. The third-order valence-electron chi connectivity index (χ3n) is 3.04. The van der Waals surface area contributed by atoms with E-state index in [1.54, 1.807) is 0 Å². The maximum Gasteiger partial charge on any atom is 0.308 e. The predicted octanol–water partition coefficient (Wildman–Crippen LogP) is 1.38. The lowest BCUT2D eigenvalue weighted by Gasteiger charge is -2.14. The van der Waals surface area contributed by atoms with Crippen molar-refractivity contribution < 1.29 is 9.90 Å². The Morgan fingerprint density at radius 2 is 2.00 bits per heavy atom. The van der Waals surface area contributed by atoms with Crippen LogP contribution in [0, 0.1) is 12.8 Å². The van der Waals surface area contributed by atoms with Gasteiger partial charge in [0.05, 0.1) is 5.92 Å². The lowest BCUT2D eigenvalue weighted by Crippen LogP contribution is -2.20. The zero-order valence-corrected chi connectivity index (χ0v) is 8.73. The summed E-state index contributed by atoms with van der Waals surface area (Å²) < 4.78 is 0. The highest BCUT2D eigenvalue weighted by atomic mass is 16.4. The van der Waals surface area contributed by atoms with Crippen LogP contribution in [0.1, 0.15) is 17.0 Å². The average Bonchev–Trinajstić information content (AvgIpc) is 2.67. The second kappa shape index (κ2) is 4.03. The number of aliphatic carboxylic acids is 1. The second-order valence-electron chi connectivity index (χ2n) is 4.12. The van der Waals surface area contributed by atoms with Crippen molar-refractivity contribution in [1.29, 1.82) is 0 Å². The molecule has 0 unspecified atom stereocenters. The van der Waals surface area contributed by atoms with E-state index in [0.29, 0.717) is 6.54 Å². The summed E-state index contributed by atoms with van der Waals surface area (Å²) in [6, 6.07) is 8.13. The first-order valence-electron chi connectivity index (χ1n) is 5.18. The molecule has 0 radical (unpaired) electrons. The number of benzene rings is 1. The van der Waals surface area contributed by atoms with Gasteiger partial charge in [0, 0.05) is 19.0 Å². The van der Waals surface area contributed by atoms with Crippen molar-refractivity contribution in [3.05, 3.63) is 35.4 Å². The molecule has 80 valence electrons. The van der Waals surface area contributed by atoms with Crippen LogP contribution < -0.4 is 5.32 Å². The minimum Gasteiger partial charge on any atom is -0.481 e. The van der Waals surface area contributed by atoms with Crippen LogP contribution in [0.3, 0.4) is 0 Å². The molecule has 0 spiro atoms. The smallest absolute Gasteiger partial charge is 0.308 e. The zero-order valence-electron chi connectivity index (χ0n) is 8.73. The highest BCUT2D eigenvalue weighted by Gasteiger charge is 2.33. The molecule has 1 aromatic rings. The van der Waals surface area contributed by atoms with Gasteiger partial charge in [-0.3, -0.25) is 4.79 Å². The van der Waals surface area contributed by atoms with Crippen LogP contribution >= 0.6 is 0 Å². The van der Waals surface area contributed by atoms with Gasteiger partial charge in [0.25, 0.3) is 0 Å². The van der Waals surface area contributed by atoms with Gasteiger partial charge in [0.2, 0.25) is 0 Å². The Balaban J connectivity index is 2.22. The van der Waals surface area contributed by atoms with Gasteiger partial charge in [-0.25, -0.2) is 0 Å². The van der Waals surface area contributed by atoms with Crippen molar-refractivity contribution in [3.8, 4) is 0 Å². The zero-order chi connectivity index (χ0) is 10.8. The summed E-state index contributed by atoms with van der Waals surface area (Å²) in [7, 11) is 0. The molecule has 1 saturated heterocycles. The summed E-state index contributed by atoms with van der Waals surface area (Å²) in [6.45, 7) is 3.37. The Bertz CT molecular complexity index is 358. The summed E-state index contributed by atoms with van der Waals surface area (Å²) in [5.41, 5.74) is 2.33. The molecule has 3 nitrogen and oxygen atoms in total. The van der Waals surface area contributed by atoms with Crippen molar-refractivity contribution in [1.82, 2.24) is 5.32 Å². The van der Waals surface area contributed by atoms with Gasteiger partial charge in [-0.1, -0.05) is 29.8 Å². The molecule has 1 heterocycles. The Morgan fingerprint density at radius 3 is 2.60 bits per heavy atom. The number of aryl methyl sites for hydroxylation is 1. The van der Waals surface area contributed by atoms with E-state index in [1.807, 2.05) is 31.2 Å². The van der Waals surface area contributed by atoms with E-state index in [1.165, 1.54) is 5.56 Å². The summed E-state index contributed by atoms with van der Waals surface area (Å²) >= 11 is 0. The molecule has 2 atom stereocenters. The fraction of sp³-hybridized carbons (Fsp3) is 0.417. The maximum atomic E-state index is 11.0. The van der Waals surface area contributed by atoms with E-state index in [9.17, 15) is 4.79 Å². The molecule has 3 heteroatoms. The third-order valence-corrected chi connectivity index (χ3v) is 3.04. The highest BCUT2D eigenvalue weighted by molar-refractivity contribution is 5.72. The number of hydrogen-bond acceptors (Lipinski definition) is 2. The molecule has 1 aliphatic rings.